The summed E-state index contributed by atoms with van der Waals surface area (Å²) in [6.07, 6.45) is 1.69. The Kier molecular flexibility index (Phi) is 7.13. The highest BCUT2D eigenvalue weighted by molar-refractivity contribution is 9.10. The van der Waals surface area contributed by atoms with Gasteiger partial charge in [0.1, 0.15) is 23.3 Å². The number of phenolic OH excluding ortho intramolecular Hbond substituents is 1. The molecule has 182 valence electrons. The summed E-state index contributed by atoms with van der Waals surface area (Å²) in [5.74, 6) is 0.516. The Morgan fingerprint density at radius 3 is 2.63 bits per heavy atom. The SMILES string of the molecule is CCOC(=O)C1=C(C)N=c2s/c(=C/c3cccc(O)c3)c(=O)n2[C@@H]1c1cc(Br)c(OC)cc1OC. The molecule has 0 unspecified atom stereocenters. The first-order valence-corrected chi connectivity index (χ1v) is 12.3. The predicted octanol–water partition coefficient (Wildman–Crippen LogP) is 3.28. The van der Waals surface area contributed by atoms with Crippen LogP contribution in [0.3, 0.4) is 0 Å². The number of nitrogens with zero attached hydrogens (tertiary/aromatic N) is 2. The summed E-state index contributed by atoms with van der Waals surface area (Å²) in [5.41, 5.74) is 1.61. The lowest BCUT2D eigenvalue weighted by molar-refractivity contribution is -0.139. The van der Waals surface area contributed by atoms with Crippen molar-refractivity contribution < 1.29 is 24.1 Å². The van der Waals surface area contributed by atoms with Crippen molar-refractivity contribution >= 4 is 39.3 Å². The normalized spacial score (nSPS) is 15.5. The maximum atomic E-state index is 13.7. The van der Waals surface area contributed by atoms with Crippen molar-refractivity contribution in [2.45, 2.75) is 19.9 Å². The Hall–Kier alpha value is -3.37. The molecule has 2 aromatic carbocycles. The summed E-state index contributed by atoms with van der Waals surface area (Å²) in [5, 5.41) is 9.82. The monoisotopic (exact) mass is 558 g/mol. The first kappa shape index (κ1) is 24.7. The number of fused-ring (bicyclic) bond motifs is 1. The third-order valence-electron chi connectivity index (χ3n) is 5.48. The third-order valence-corrected chi connectivity index (χ3v) is 7.09. The van der Waals surface area contributed by atoms with Crippen molar-refractivity contribution in [2.75, 3.05) is 20.8 Å². The average molecular weight is 559 g/mol. The van der Waals surface area contributed by atoms with Gasteiger partial charge in [0.2, 0.25) is 0 Å². The number of esters is 1. The molecular formula is C25H23BrN2O6S. The van der Waals surface area contributed by atoms with Crippen LogP contribution in [0, 0.1) is 0 Å². The zero-order chi connectivity index (χ0) is 25.3. The van der Waals surface area contributed by atoms with Gasteiger partial charge < -0.3 is 19.3 Å². The minimum Gasteiger partial charge on any atom is -0.508 e. The van der Waals surface area contributed by atoms with Gasteiger partial charge in [0.25, 0.3) is 5.56 Å². The first-order valence-electron chi connectivity index (χ1n) is 10.7. The van der Waals surface area contributed by atoms with Crippen molar-refractivity contribution in [3.8, 4) is 17.2 Å². The Morgan fingerprint density at radius 1 is 1.23 bits per heavy atom. The van der Waals surface area contributed by atoms with Gasteiger partial charge in [0, 0.05) is 11.6 Å². The molecule has 35 heavy (non-hydrogen) atoms. The smallest absolute Gasteiger partial charge is 0.338 e. The molecule has 8 nitrogen and oxygen atoms in total. The second kappa shape index (κ2) is 10.1. The Balaban J connectivity index is 2.03. The van der Waals surface area contributed by atoms with Gasteiger partial charge in [-0.25, -0.2) is 9.79 Å². The van der Waals surface area contributed by atoms with Crippen molar-refractivity contribution in [3.63, 3.8) is 0 Å². The highest BCUT2D eigenvalue weighted by Gasteiger charge is 2.35. The van der Waals surface area contributed by atoms with E-state index in [1.165, 1.54) is 30.1 Å². The first-order chi connectivity index (χ1) is 16.8. The molecule has 0 aliphatic carbocycles. The fourth-order valence-electron chi connectivity index (χ4n) is 3.95. The highest BCUT2D eigenvalue weighted by Crippen LogP contribution is 2.41. The number of carbonyl (C=O) groups excluding carboxylic acids is 1. The van der Waals surface area contributed by atoms with Crippen LogP contribution in [0.1, 0.15) is 31.0 Å². The van der Waals surface area contributed by atoms with Crippen molar-refractivity contribution in [2.24, 2.45) is 4.99 Å². The minimum absolute atomic E-state index is 0.0951. The lowest BCUT2D eigenvalue weighted by atomic mass is 9.95. The average Bonchev–Trinajstić information content (AvgIpc) is 3.12. The van der Waals surface area contributed by atoms with Crippen LogP contribution < -0.4 is 24.4 Å². The van der Waals surface area contributed by atoms with E-state index in [0.717, 1.165) is 0 Å². The van der Waals surface area contributed by atoms with E-state index in [1.54, 1.807) is 56.3 Å². The van der Waals surface area contributed by atoms with E-state index in [9.17, 15) is 14.7 Å². The number of halogens is 1. The highest BCUT2D eigenvalue weighted by atomic mass is 79.9. The number of phenols is 1. The summed E-state index contributed by atoms with van der Waals surface area (Å²) in [4.78, 5) is 31.8. The molecule has 0 saturated heterocycles. The van der Waals surface area contributed by atoms with Gasteiger partial charge in [-0.2, -0.15) is 0 Å². The number of benzene rings is 2. The van der Waals surface area contributed by atoms with Crippen LogP contribution in [-0.2, 0) is 9.53 Å². The topological polar surface area (TPSA) is 99.4 Å². The lowest BCUT2D eigenvalue weighted by Crippen LogP contribution is -2.40. The Labute approximate surface area is 213 Å². The van der Waals surface area contributed by atoms with Gasteiger partial charge in [-0.1, -0.05) is 23.5 Å². The quantitative estimate of drug-likeness (QED) is 0.466. The van der Waals surface area contributed by atoms with E-state index in [0.29, 0.717) is 42.1 Å². The van der Waals surface area contributed by atoms with Crippen molar-refractivity contribution in [3.05, 3.63) is 83.0 Å². The largest absolute Gasteiger partial charge is 0.508 e. The molecule has 1 atom stereocenters. The number of thiazole rings is 1. The van der Waals surface area contributed by atoms with Gasteiger partial charge in [0.15, 0.2) is 4.80 Å². The molecule has 4 rings (SSSR count). The maximum absolute atomic E-state index is 13.7. The number of aromatic nitrogens is 1. The molecule has 1 N–H and O–H groups in total. The second-order valence-electron chi connectivity index (χ2n) is 7.63. The molecule has 1 aromatic heterocycles. The molecule has 0 amide bonds. The molecule has 0 spiro atoms. The number of hydrogen-bond acceptors (Lipinski definition) is 8. The maximum Gasteiger partial charge on any atom is 0.338 e. The zero-order valence-electron chi connectivity index (χ0n) is 19.5. The van der Waals surface area contributed by atoms with Crippen LogP contribution in [0.4, 0.5) is 0 Å². The zero-order valence-corrected chi connectivity index (χ0v) is 21.9. The number of ether oxygens (including phenoxy) is 3. The van der Waals surface area contributed by atoms with Crippen LogP contribution in [0.15, 0.2) is 61.9 Å². The van der Waals surface area contributed by atoms with Gasteiger partial charge in [0.05, 0.1) is 41.1 Å². The van der Waals surface area contributed by atoms with E-state index in [4.69, 9.17) is 14.2 Å². The number of carbonyl (C=O) groups is 1. The van der Waals surface area contributed by atoms with E-state index in [1.807, 2.05) is 0 Å². The summed E-state index contributed by atoms with van der Waals surface area (Å²) < 4.78 is 18.9. The van der Waals surface area contributed by atoms with Crippen LogP contribution in [0.2, 0.25) is 0 Å². The Bertz CT molecular complexity index is 1520. The number of hydrogen-bond donors (Lipinski definition) is 1. The van der Waals surface area contributed by atoms with E-state index in [-0.39, 0.29) is 23.5 Å². The standard InChI is InChI=1S/C25H23BrN2O6S/c1-5-34-24(31)21-13(2)27-25-28(22(21)16-11-17(26)19(33-4)12-18(16)32-3)23(30)20(35-25)10-14-7-6-8-15(29)9-14/h6-12,22,29H,5H2,1-4H3/b20-10+/t22-/m1/s1. The van der Waals surface area contributed by atoms with E-state index >= 15 is 0 Å². The number of allylic oxidation sites excluding steroid dienone is 1. The van der Waals surface area contributed by atoms with Gasteiger partial charge in [-0.15, -0.1) is 0 Å². The van der Waals surface area contributed by atoms with E-state index in [2.05, 4.69) is 20.9 Å². The van der Waals surface area contributed by atoms with Gasteiger partial charge in [-0.05, 0) is 59.6 Å². The molecule has 0 saturated carbocycles. The van der Waals surface area contributed by atoms with Crippen LogP contribution >= 0.6 is 27.3 Å². The molecule has 3 aromatic rings. The van der Waals surface area contributed by atoms with E-state index < -0.39 is 12.0 Å². The number of aromatic hydroxyl groups is 1. The van der Waals surface area contributed by atoms with Crippen molar-refractivity contribution in [1.29, 1.82) is 0 Å². The third kappa shape index (κ3) is 4.63. The molecule has 2 heterocycles. The van der Waals surface area contributed by atoms with Crippen LogP contribution in [-0.4, -0.2) is 36.5 Å². The minimum atomic E-state index is -0.839. The summed E-state index contributed by atoms with van der Waals surface area (Å²) in [7, 11) is 3.05. The fourth-order valence-corrected chi connectivity index (χ4v) is 5.52. The summed E-state index contributed by atoms with van der Waals surface area (Å²) in [6, 6.07) is 9.23. The summed E-state index contributed by atoms with van der Waals surface area (Å²) >= 11 is 4.70. The molecule has 0 fully saturated rings. The number of rotatable bonds is 6. The Morgan fingerprint density at radius 2 is 1.97 bits per heavy atom. The molecular weight excluding hydrogens is 536 g/mol. The molecule has 10 heteroatoms. The fraction of sp³-hybridized carbons (Fsp3) is 0.240. The molecule has 0 radical (unpaired) electrons. The molecule has 0 bridgehead atoms. The summed E-state index contributed by atoms with van der Waals surface area (Å²) in [6.45, 7) is 3.61. The number of methoxy groups -OCH3 is 2. The molecule has 1 aliphatic heterocycles. The van der Waals surface area contributed by atoms with Gasteiger partial charge in [-0.3, -0.25) is 9.36 Å². The second-order valence-corrected chi connectivity index (χ2v) is 9.49. The lowest BCUT2D eigenvalue weighted by Gasteiger charge is -2.26. The van der Waals surface area contributed by atoms with Crippen LogP contribution in [0.5, 0.6) is 17.2 Å². The predicted molar refractivity (Wildman–Crippen MR) is 136 cm³/mol. The molecule has 1 aliphatic rings. The van der Waals surface area contributed by atoms with Gasteiger partial charge >= 0.3 is 5.97 Å². The van der Waals surface area contributed by atoms with Crippen LogP contribution in [0.25, 0.3) is 6.08 Å². The van der Waals surface area contributed by atoms with Crippen molar-refractivity contribution in [1.82, 2.24) is 4.57 Å².